The van der Waals surface area contributed by atoms with Gasteiger partial charge in [0.15, 0.2) is 12.3 Å². The van der Waals surface area contributed by atoms with Crippen LogP contribution in [0.4, 0.5) is 0 Å². The zero-order valence-corrected chi connectivity index (χ0v) is 12.3. The van der Waals surface area contributed by atoms with Crippen LogP contribution < -0.4 is 10.9 Å². The quantitative estimate of drug-likeness (QED) is 0.768. The van der Waals surface area contributed by atoms with Gasteiger partial charge in [0, 0.05) is 34.2 Å². The van der Waals surface area contributed by atoms with Crippen LogP contribution in [0.5, 0.6) is 0 Å². The summed E-state index contributed by atoms with van der Waals surface area (Å²) >= 11 is 0. The molecule has 0 bridgehead atoms. The van der Waals surface area contributed by atoms with E-state index in [-0.39, 0.29) is 5.91 Å². The van der Waals surface area contributed by atoms with Gasteiger partial charge in [0.25, 0.3) is 5.91 Å². The molecule has 0 unspecified atom stereocenters. The standard InChI is InChI=1S/C14H19N5O2/c1-18(2)10-8-15-14(20)12-5-3-11(4-6-12)13-7-9-19(21)17-16-13/h3-6H,7-10H2,1-2H3,(H-,15,17,20,21)/p+1. The Balaban J connectivity index is 1.95. The molecule has 112 valence electrons. The average Bonchev–Trinajstić information content (AvgIpc) is 2.48. The summed E-state index contributed by atoms with van der Waals surface area (Å²) in [7, 11) is 3.92. The van der Waals surface area contributed by atoms with Gasteiger partial charge < -0.3 is 10.2 Å². The predicted molar refractivity (Wildman–Crippen MR) is 80.1 cm³/mol. The van der Waals surface area contributed by atoms with Crippen molar-refractivity contribution in [2.45, 2.75) is 6.42 Å². The number of hydrogen-bond acceptors (Lipinski definition) is 4. The molecule has 0 spiro atoms. The number of nitrogens with one attached hydrogen (secondary N) is 2. The number of hydrazine groups is 1. The molecular formula is C14H20N5O2+. The van der Waals surface area contributed by atoms with Gasteiger partial charge in [-0.25, -0.2) is 0 Å². The van der Waals surface area contributed by atoms with Gasteiger partial charge in [-0.15, -0.1) is 0 Å². The lowest BCUT2D eigenvalue weighted by Crippen LogP contribution is -2.31. The van der Waals surface area contributed by atoms with Crippen LogP contribution in [0.2, 0.25) is 0 Å². The van der Waals surface area contributed by atoms with Crippen LogP contribution in [-0.4, -0.2) is 55.1 Å². The maximum Gasteiger partial charge on any atom is 0.251 e. The minimum atomic E-state index is -0.0853. The Hall–Kier alpha value is -2.28. The van der Waals surface area contributed by atoms with Gasteiger partial charge >= 0.3 is 0 Å². The zero-order chi connectivity index (χ0) is 15.2. The van der Waals surface area contributed by atoms with Crippen molar-refractivity contribution in [3.05, 3.63) is 40.3 Å². The molecule has 0 fully saturated rings. The number of hydrogen-bond donors (Lipinski definition) is 2. The van der Waals surface area contributed by atoms with E-state index >= 15 is 0 Å². The summed E-state index contributed by atoms with van der Waals surface area (Å²) in [6.45, 7) is 1.78. The minimum Gasteiger partial charge on any atom is -0.351 e. The number of nitroso groups, excluding NO2 is 1. The van der Waals surface area contributed by atoms with Gasteiger partial charge in [-0.3, -0.25) is 4.79 Å². The third kappa shape index (κ3) is 4.35. The largest absolute Gasteiger partial charge is 0.351 e. The van der Waals surface area contributed by atoms with Crippen molar-refractivity contribution in [2.75, 3.05) is 33.7 Å². The fraction of sp³-hybridized carbons (Fsp3) is 0.429. The second-order valence-corrected chi connectivity index (χ2v) is 5.15. The van der Waals surface area contributed by atoms with Crippen LogP contribution in [0.15, 0.2) is 29.4 Å². The molecule has 0 radical (unpaired) electrons. The Morgan fingerprint density at radius 1 is 1.38 bits per heavy atom. The lowest BCUT2D eigenvalue weighted by atomic mass is 10.0. The molecule has 0 atom stereocenters. The first-order valence-electron chi connectivity index (χ1n) is 6.86. The van der Waals surface area contributed by atoms with Gasteiger partial charge in [-0.2, -0.15) is 0 Å². The highest BCUT2D eigenvalue weighted by molar-refractivity contribution is 6.02. The molecular weight excluding hydrogens is 270 g/mol. The maximum atomic E-state index is 11.9. The molecule has 1 heterocycles. The molecule has 0 aromatic heterocycles. The number of benzene rings is 1. The van der Waals surface area contributed by atoms with E-state index in [0.717, 1.165) is 17.8 Å². The zero-order valence-electron chi connectivity index (χ0n) is 12.3. The number of likely N-dealkylation sites (N-methyl/N-ethyl adjacent to an activating group) is 1. The molecule has 0 saturated heterocycles. The van der Waals surface area contributed by atoms with E-state index in [0.29, 0.717) is 29.9 Å². The number of nitrogens with zero attached hydrogens (tertiary/aromatic N) is 3. The van der Waals surface area contributed by atoms with Crippen LogP contribution in [0.1, 0.15) is 22.3 Å². The van der Waals surface area contributed by atoms with E-state index in [9.17, 15) is 9.70 Å². The van der Waals surface area contributed by atoms with E-state index in [2.05, 4.69) is 16.0 Å². The van der Waals surface area contributed by atoms with Crippen molar-refractivity contribution in [3.63, 3.8) is 0 Å². The van der Waals surface area contributed by atoms with E-state index in [1.165, 1.54) is 0 Å². The van der Waals surface area contributed by atoms with E-state index < -0.39 is 0 Å². The van der Waals surface area contributed by atoms with Gasteiger partial charge in [-0.05, 0) is 36.7 Å². The third-order valence-electron chi connectivity index (χ3n) is 3.17. The lowest BCUT2D eigenvalue weighted by Gasteiger charge is -2.10. The van der Waals surface area contributed by atoms with Crippen LogP contribution in [0, 0.1) is 4.91 Å². The molecule has 21 heavy (non-hydrogen) atoms. The van der Waals surface area contributed by atoms with Crippen LogP contribution in [0.3, 0.4) is 0 Å². The number of carbonyl (C=O) groups excluding carboxylic acids is 1. The first kappa shape index (κ1) is 15.1. The summed E-state index contributed by atoms with van der Waals surface area (Å²) in [4.78, 5) is 25.6. The number of hydrazone groups is 1. The molecule has 1 aromatic carbocycles. The molecule has 7 nitrogen and oxygen atoms in total. The molecule has 0 saturated carbocycles. The van der Waals surface area contributed by atoms with Crippen LogP contribution in [-0.2, 0) is 0 Å². The molecule has 2 rings (SSSR count). The van der Waals surface area contributed by atoms with Gasteiger partial charge in [0.2, 0.25) is 0 Å². The van der Waals surface area contributed by atoms with Gasteiger partial charge in [0.05, 0.1) is 6.42 Å². The van der Waals surface area contributed by atoms with Crippen LogP contribution >= 0.6 is 0 Å². The Bertz CT molecular complexity index is 551. The molecule has 1 aliphatic rings. The monoisotopic (exact) mass is 290 g/mol. The van der Waals surface area contributed by atoms with Crippen molar-refractivity contribution >= 4 is 11.6 Å². The Labute approximate surface area is 123 Å². The third-order valence-corrected chi connectivity index (χ3v) is 3.17. The highest BCUT2D eigenvalue weighted by Gasteiger charge is 2.19. The van der Waals surface area contributed by atoms with Gasteiger partial charge in [0.1, 0.15) is 0 Å². The fourth-order valence-corrected chi connectivity index (χ4v) is 1.95. The van der Waals surface area contributed by atoms with E-state index in [1.54, 1.807) is 12.1 Å². The summed E-state index contributed by atoms with van der Waals surface area (Å²) in [6.07, 6.45) is 0.588. The summed E-state index contributed by atoms with van der Waals surface area (Å²) in [6, 6.07) is 7.24. The molecule has 2 N–H and O–H groups in total. The molecule has 1 amide bonds. The van der Waals surface area contributed by atoms with Crippen molar-refractivity contribution in [2.24, 2.45) is 5.10 Å². The highest BCUT2D eigenvalue weighted by Crippen LogP contribution is 2.09. The van der Waals surface area contributed by atoms with Crippen molar-refractivity contribution in [1.29, 1.82) is 0 Å². The first-order valence-corrected chi connectivity index (χ1v) is 6.86. The summed E-state index contributed by atoms with van der Waals surface area (Å²) in [5.41, 5.74) is 4.74. The SMILES string of the molecule is CN(C)CCNC(=O)c1ccc(C2=NN[N+](=O)CC2)cc1. The minimum absolute atomic E-state index is 0.0853. The Morgan fingerprint density at radius 3 is 2.67 bits per heavy atom. The fourth-order valence-electron chi connectivity index (χ4n) is 1.95. The summed E-state index contributed by atoms with van der Waals surface area (Å²) in [5.74, 6) is -0.0853. The molecule has 1 aliphatic heterocycles. The van der Waals surface area contributed by atoms with Crippen LogP contribution in [0.25, 0.3) is 0 Å². The Morgan fingerprint density at radius 2 is 2.10 bits per heavy atom. The Kier molecular flexibility index (Phi) is 4.99. The average molecular weight is 290 g/mol. The van der Waals surface area contributed by atoms with Crippen molar-refractivity contribution in [3.8, 4) is 0 Å². The lowest BCUT2D eigenvalue weighted by molar-refractivity contribution is -0.609. The topological polar surface area (TPSA) is 76.8 Å². The predicted octanol–water partition coefficient (Wildman–Crippen LogP) is 0.369. The number of amides is 1. The normalized spacial score (nSPS) is 14.6. The second-order valence-electron chi connectivity index (χ2n) is 5.15. The molecule has 0 aliphatic carbocycles. The number of rotatable bonds is 5. The summed E-state index contributed by atoms with van der Waals surface area (Å²) in [5, 5.41) is 6.86. The number of carbonyl (C=O) groups is 1. The van der Waals surface area contributed by atoms with Crippen molar-refractivity contribution < 1.29 is 9.66 Å². The smallest absolute Gasteiger partial charge is 0.251 e. The first-order chi connectivity index (χ1) is 10.1. The molecule has 1 aromatic rings. The summed E-state index contributed by atoms with van der Waals surface area (Å²) < 4.78 is 0. The van der Waals surface area contributed by atoms with E-state index in [1.807, 2.05) is 31.1 Å². The molecule has 7 heteroatoms. The maximum absolute atomic E-state index is 11.9. The van der Waals surface area contributed by atoms with Gasteiger partial charge in [-0.1, -0.05) is 12.1 Å². The van der Waals surface area contributed by atoms with E-state index in [4.69, 9.17) is 0 Å². The highest BCUT2D eigenvalue weighted by atomic mass is 16.3. The second kappa shape index (κ2) is 6.94. The van der Waals surface area contributed by atoms with Crippen molar-refractivity contribution in [1.82, 2.24) is 15.8 Å².